The molecule has 0 radical (unpaired) electrons. The quantitative estimate of drug-likeness (QED) is 0.428. The third-order valence-electron chi connectivity index (χ3n) is 7.92. The monoisotopic (exact) mass is 559 g/mol. The summed E-state index contributed by atoms with van der Waals surface area (Å²) in [6.45, 7) is 4.09. The van der Waals surface area contributed by atoms with E-state index < -0.39 is 5.97 Å². The first-order valence-electron chi connectivity index (χ1n) is 13.4. The molecule has 0 aromatic heterocycles. The Morgan fingerprint density at radius 3 is 2.37 bits per heavy atom. The second-order valence-electron chi connectivity index (χ2n) is 10.1. The van der Waals surface area contributed by atoms with Crippen LogP contribution in [0.5, 0.6) is 0 Å². The van der Waals surface area contributed by atoms with Crippen molar-refractivity contribution in [2.24, 2.45) is 0 Å². The highest BCUT2D eigenvalue weighted by Gasteiger charge is 2.33. The molecule has 2 aliphatic rings. The number of halogens is 2. The van der Waals surface area contributed by atoms with Gasteiger partial charge in [-0.05, 0) is 79.8 Å². The van der Waals surface area contributed by atoms with Crippen molar-refractivity contribution in [3.8, 4) is 0 Å². The topological polar surface area (TPSA) is 89.9 Å². The largest absolute Gasteiger partial charge is 0.478 e. The number of nitrogens with zero attached hydrogens (tertiary/aromatic N) is 2. The summed E-state index contributed by atoms with van der Waals surface area (Å²) in [6, 6.07) is 8.86. The number of nitrogens with one attached hydrogen (secondary N) is 1. The van der Waals surface area contributed by atoms with E-state index in [4.69, 9.17) is 23.2 Å². The van der Waals surface area contributed by atoms with Gasteiger partial charge in [-0.1, -0.05) is 36.2 Å². The number of rotatable bonds is 8. The molecule has 2 aromatic carbocycles. The summed E-state index contributed by atoms with van der Waals surface area (Å²) in [5.74, 6) is -1.06. The lowest BCUT2D eigenvalue weighted by molar-refractivity contribution is -0.136. The Kier molecular flexibility index (Phi) is 9.21. The number of anilines is 1. The van der Waals surface area contributed by atoms with E-state index in [2.05, 4.69) is 17.1 Å². The molecule has 7 nitrogen and oxygen atoms in total. The van der Waals surface area contributed by atoms with Crippen LogP contribution in [0.4, 0.5) is 5.69 Å². The zero-order chi connectivity index (χ0) is 27.4. The van der Waals surface area contributed by atoms with E-state index in [-0.39, 0.29) is 29.3 Å². The number of carbonyl (C=O) groups is 3. The van der Waals surface area contributed by atoms with Crippen molar-refractivity contribution >= 4 is 46.7 Å². The molecular formula is C29H35Cl2N3O4. The SMILES string of the molecule is CCC(Cc1c(C(=O)NC)ccc(C(=O)O)c1N1CCC(N2CCCCC2=O)CC1)c1ccc(Cl)c(Cl)c1. The molecule has 0 bridgehead atoms. The highest BCUT2D eigenvalue weighted by molar-refractivity contribution is 6.42. The second-order valence-corrected chi connectivity index (χ2v) is 10.9. The van der Waals surface area contributed by atoms with Crippen LogP contribution in [0.15, 0.2) is 30.3 Å². The lowest BCUT2D eigenvalue weighted by atomic mass is 9.85. The number of hydrogen-bond acceptors (Lipinski definition) is 4. The third-order valence-corrected chi connectivity index (χ3v) is 8.66. The summed E-state index contributed by atoms with van der Waals surface area (Å²) < 4.78 is 0. The molecule has 38 heavy (non-hydrogen) atoms. The Labute approximate surface area is 234 Å². The first kappa shape index (κ1) is 28.2. The zero-order valence-corrected chi connectivity index (χ0v) is 23.4. The van der Waals surface area contributed by atoms with E-state index in [1.165, 1.54) is 6.07 Å². The van der Waals surface area contributed by atoms with Gasteiger partial charge in [0.25, 0.3) is 5.91 Å². The number of piperidine rings is 2. The molecule has 0 spiro atoms. The summed E-state index contributed by atoms with van der Waals surface area (Å²) >= 11 is 12.5. The van der Waals surface area contributed by atoms with Gasteiger partial charge in [0.2, 0.25) is 5.91 Å². The molecule has 2 N–H and O–H groups in total. The molecule has 2 aliphatic heterocycles. The second kappa shape index (κ2) is 12.4. The smallest absolute Gasteiger partial charge is 0.337 e. The van der Waals surface area contributed by atoms with Crippen LogP contribution < -0.4 is 10.2 Å². The average molecular weight is 561 g/mol. The minimum Gasteiger partial charge on any atom is -0.478 e. The van der Waals surface area contributed by atoms with Gasteiger partial charge >= 0.3 is 5.97 Å². The Hall–Kier alpha value is -2.77. The van der Waals surface area contributed by atoms with Gasteiger partial charge in [0.05, 0.1) is 21.3 Å². The van der Waals surface area contributed by atoms with E-state index in [0.717, 1.165) is 49.8 Å². The van der Waals surface area contributed by atoms with Crippen molar-refractivity contribution in [3.63, 3.8) is 0 Å². The molecule has 2 amide bonds. The molecule has 9 heteroatoms. The number of benzene rings is 2. The maximum Gasteiger partial charge on any atom is 0.337 e. The van der Waals surface area contributed by atoms with Gasteiger partial charge in [0.1, 0.15) is 0 Å². The Balaban J connectivity index is 1.72. The highest BCUT2D eigenvalue weighted by atomic mass is 35.5. The summed E-state index contributed by atoms with van der Waals surface area (Å²) in [7, 11) is 1.58. The first-order valence-corrected chi connectivity index (χ1v) is 14.1. The minimum atomic E-state index is -1.03. The predicted octanol–water partition coefficient (Wildman–Crippen LogP) is 5.77. The Morgan fingerprint density at radius 1 is 1.05 bits per heavy atom. The highest BCUT2D eigenvalue weighted by Crippen LogP contribution is 2.38. The van der Waals surface area contributed by atoms with Gasteiger partial charge in [0.15, 0.2) is 0 Å². The molecule has 204 valence electrons. The molecule has 2 heterocycles. The van der Waals surface area contributed by atoms with Crippen LogP contribution in [0.25, 0.3) is 0 Å². The fraction of sp³-hybridized carbons (Fsp3) is 0.483. The number of likely N-dealkylation sites (tertiary alicyclic amines) is 1. The maximum atomic E-state index is 13.0. The number of amides is 2. The number of hydrogen-bond donors (Lipinski definition) is 2. The number of aromatic carboxylic acids is 1. The molecule has 2 aromatic rings. The maximum absolute atomic E-state index is 13.0. The zero-order valence-electron chi connectivity index (χ0n) is 21.9. The van der Waals surface area contributed by atoms with Crippen LogP contribution in [-0.2, 0) is 11.2 Å². The van der Waals surface area contributed by atoms with Gasteiger partial charge in [-0.25, -0.2) is 4.79 Å². The summed E-state index contributed by atoms with van der Waals surface area (Å²) in [4.78, 5) is 42.0. The van der Waals surface area contributed by atoms with Gasteiger partial charge < -0.3 is 20.2 Å². The number of carboxylic acid groups (broad SMARTS) is 1. The van der Waals surface area contributed by atoms with Crippen LogP contribution in [0.3, 0.4) is 0 Å². The Morgan fingerprint density at radius 2 is 1.76 bits per heavy atom. The van der Waals surface area contributed by atoms with Crippen LogP contribution in [-0.4, -0.2) is 60.5 Å². The standard InChI is InChI=1S/C29H35Cl2N3O4/c1-3-18(19-7-10-24(30)25(31)17-19)16-23-21(28(36)32-2)8-9-22(29(37)38)27(23)33-14-11-20(12-15-33)34-13-5-4-6-26(34)35/h7-10,17-18,20H,3-6,11-16H2,1-2H3,(H,32,36)(H,37,38). The normalized spacial score (nSPS) is 17.4. The van der Waals surface area contributed by atoms with Crippen molar-refractivity contribution in [3.05, 3.63) is 62.6 Å². The molecule has 0 aliphatic carbocycles. The first-order chi connectivity index (χ1) is 18.2. The van der Waals surface area contributed by atoms with Crippen LogP contribution in [0.1, 0.15) is 83.2 Å². The Bertz CT molecular complexity index is 1210. The lowest BCUT2D eigenvalue weighted by Crippen LogP contribution is -2.49. The molecule has 4 rings (SSSR count). The van der Waals surface area contributed by atoms with E-state index in [1.807, 2.05) is 17.0 Å². The number of carbonyl (C=O) groups excluding carboxylic acids is 2. The lowest BCUT2D eigenvalue weighted by Gasteiger charge is -2.42. The van der Waals surface area contributed by atoms with Crippen molar-refractivity contribution in [2.45, 2.75) is 63.8 Å². The fourth-order valence-corrected chi connectivity index (χ4v) is 6.16. The average Bonchev–Trinajstić information content (AvgIpc) is 2.92. The molecule has 0 saturated carbocycles. The third kappa shape index (κ3) is 5.94. The summed E-state index contributed by atoms with van der Waals surface area (Å²) in [5, 5.41) is 13.8. The number of carboxylic acids is 1. The van der Waals surface area contributed by atoms with E-state index in [0.29, 0.717) is 47.2 Å². The van der Waals surface area contributed by atoms with Crippen LogP contribution in [0, 0.1) is 0 Å². The van der Waals surface area contributed by atoms with Crippen LogP contribution in [0.2, 0.25) is 10.0 Å². The fourth-order valence-electron chi connectivity index (χ4n) is 5.85. The van der Waals surface area contributed by atoms with Gasteiger partial charge in [-0.15, -0.1) is 0 Å². The summed E-state index contributed by atoms with van der Waals surface area (Å²) in [5.41, 5.74) is 2.96. The van der Waals surface area contributed by atoms with Crippen molar-refractivity contribution < 1.29 is 19.5 Å². The van der Waals surface area contributed by atoms with Crippen LogP contribution >= 0.6 is 23.2 Å². The van der Waals surface area contributed by atoms with Gasteiger partial charge in [-0.2, -0.15) is 0 Å². The molecule has 1 atom stereocenters. The molecule has 2 fully saturated rings. The molecular weight excluding hydrogens is 525 g/mol. The van der Waals surface area contributed by atoms with E-state index >= 15 is 0 Å². The van der Waals surface area contributed by atoms with Crippen molar-refractivity contribution in [2.75, 3.05) is 31.6 Å². The minimum absolute atomic E-state index is 0.000483. The van der Waals surface area contributed by atoms with Crippen molar-refractivity contribution in [1.29, 1.82) is 0 Å². The van der Waals surface area contributed by atoms with E-state index in [1.54, 1.807) is 19.2 Å². The summed E-state index contributed by atoms with van der Waals surface area (Å²) in [6.07, 6.45) is 5.34. The molecule has 1 unspecified atom stereocenters. The molecule has 2 saturated heterocycles. The van der Waals surface area contributed by atoms with Crippen molar-refractivity contribution in [1.82, 2.24) is 10.2 Å². The predicted molar refractivity (Wildman–Crippen MR) is 151 cm³/mol. The van der Waals surface area contributed by atoms with E-state index in [9.17, 15) is 19.5 Å². The van der Waals surface area contributed by atoms with Gasteiger partial charge in [-0.3, -0.25) is 9.59 Å². The van der Waals surface area contributed by atoms with Gasteiger partial charge in [0, 0.05) is 44.7 Å².